The molecule has 1 fully saturated rings. The standard InChI is InChI=1S/C17H27N/c1-13-11-14(2)17(15(3)12-13)6-4-5-16-7-9-18-10-8-16/h11-12,16,18H,4-10H2,1-3H3. The summed E-state index contributed by atoms with van der Waals surface area (Å²) in [5.41, 5.74) is 5.96. The van der Waals surface area contributed by atoms with Gasteiger partial charge in [-0.05, 0) is 82.2 Å². The largest absolute Gasteiger partial charge is 0.317 e. The van der Waals surface area contributed by atoms with Crippen LogP contribution in [0.3, 0.4) is 0 Å². The lowest BCUT2D eigenvalue weighted by molar-refractivity contribution is 0.347. The lowest BCUT2D eigenvalue weighted by Gasteiger charge is -2.22. The maximum absolute atomic E-state index is 3.45. The van der Waals surface area contributed by atoms with Crippen molar-refractivity contribution in [3.05, 3.63) is 34.4 Å². The molecule has 0 bridgehead atoms. The van der Waals surface area contributed by atoms with E-state index in [0.29, 0.717) is 0 Å². The second-order valence-electron chi connectivity index (χ2n) is 5.96. The molecule has 0 saturated carbocycles. The molecule has 1 aromatic carbocycles. The van der Waals surface area contributed by atoms with Crippen LogP contribution in [0, 0.1) is 26.7 Å². The van der Waals surface area contributed by atoms with Gasteiger partial charge in [-0.1, -0.05) is 24.1 Å². The monoisotopic (exact) mass is 245 g/mol. The molecule has 0 amide bonds. The van der Waals surface area contributed by atoms with Crippen molar-refractivity contribution in [1.29, 1.82) is 0 Å². The van der Waals surface area contributed by atoms with Crippen LogP contribution >= 0.6 is 0 Å². The molecule has 1 nitrogen and oxygen atoms in total. The van der Waals surface area contributed by atoms with Crippen LogP contribution in [0.5, 0.6) is 0 Å². The predicted octanol–water partition coefficient (Wildman–Crippen LogP) is 3.93. The third kappa shape index (κ3) is 3.58. The molecule has 1 aliphatic heterocycles. The van der Waals surface area contributed by atoms with Gasteiger partial charge in [0.2, 0.25) is 0 Å². The number of hydrogen-bond acceptors (Lipinski definition) is 1. The van der Waals surface area contributed by atoms with Gasteiger partial charge in [-0.25, -0.2) is 0 Å². The fourth-order valence-corrected chi connectivity index (χ4v) is 3.34. The van der Waals surface area contributed by atoms with E-state index in [1.165, 1.54) is 61.9 Å². The number of benzene rings is 1. The molecule has 1 heteroatoms. The van der Waals surface area contributed by atoms with E-state index in [1.807, 2.05) is 0 Å². The zero-order valence-corrected chi connectivity index (χ0v) is 12.2. The van der Waals surface area contributed by atoms with Crippen LogP contribution in [0.2, 0.25) is 0 Å². The molecular formula is C17H27N. The highest BCUT2D eigenvalue weighted by atomic mass is 14.9. The maximum Gasteiger partial charge on any atom is -0.00463 e. The molecule has 0 spiro atoms. The van der Waals surface area contributed by atoms with Crippen LogP contribution in [-0.4, -0.2) is 13.1 Å². The van der Waals surface area contributed by atoms with Gasteiger partial charge in [0.15, 0.2) is 0 Å². The van der Waals surface area contributed by atoms with Gasteiger partial charge in [-0.15, -0.1) is 0 Å². The maximum atomic E-state index is 3.45. The molecule has 0 aliphatic carbocycles. The van der Waals surface area contributed by atoms with E-state index in [-0.39, 0.29) is 0 Å². The van der Waals surface area contributed by atoms with E-state index in [4.69, 9.17) is 0 Å². The summed E-state index contributed by atoms with van der Waals surface area (Å²) >= 11 is 0. The highest BCUT2D eigenvalue weighted by molar-refractivity contribution is 5.37. The average molecular weight is 245 g/mol. The molecule has 1 heterocycles. The Morgan fingerprint density at radius 1 is 1.06 bits per heavy atom. The second-order valence-corrected chi connectivity index (χ2v) is 5.96. The van der Waals surface area contributed by atoms with Crippen molar-refractivity contribution in [1.82, 2.24) is 5.32 Å². The third-order valence-electron chi connectivity index (χ3n) is 4.34. The first-order valence-electron chi connectivity index (χ1n) is 7.44. The molecule has 1 N–H and O–H groups in total. The molecule has 1 saturated heterocycles. The van der Waals surface area contributed by atoms with Gasteiger partial charge in [-0.3, -0.25) is 0 Å². The Kier molecular flexibility index (Phi) is 4.82. The van der Waals surface area contributed by atoms with Crippen LogP contribution in [-0.2, 0) is 6.42 Å². The van der Waals surface area contributed by atoms with E-state index in [1.54, 1.807) is 5.56 Å². The van der Waals surface area contributed by atoms with Gasteiger partial charge in [0.25, 0.3) is 0 Å². The Bertz CT molecular complexity index is 366. The van der Waals surface area contributed by atoms with E-state index in [9.17, 15) is 0 Å². The number of piperidine rings is 1. The summed E-state index contributed by atoms with van der Waals surface area (Å²) in [4.78, 5) is 0. The first-order chi connectivity index (χ1) is 8.66. The molecule has 0 aromatic heterocycles. The summed E-state index contributed by atoms with van der Waals surface area (Å²) in [5.74, 6) is 0.970. The quantitative estimate of drug-likeness (QED) is 0.847. The Hall–Kier alpha value is -0.820. The van der Waals surface area contributed by atoms with E-state index in [2.05, 4.69) is 38.2 Å². The van der Waals surface area contributed by atoms with Gasteiger partial charge in [0.05, 0.1) is 0 Å². The summed E-state index contributed by atoms with van der Waals surface area (Å²) in [6.07, 6.45) is 6.80. The molecule has 0 atom stereocenters. The summed E-state index contributed by atoms with van der Waals surface area (Å²) in [7, 11) is 0. The first kappa shape index (κ1) is 13.6. The number of rotatable bonds is 4. The van der Waals surface area contributed by atoms with Crippen LogP contribution < -0.4 is 5.32 Å². The number of hydrogen-bond donors (Lipinski definition) is 1. The third-order valence-corrected chi connectivity index (χ3v) is 4.34. The smallest absolute Gasteiger partial charge is 0.00463 e. The topological polar surface area (TPSA) is 12.0 Å². The van der Waals surface area contributed by atoms with Crippen molar-refractivity contribution in [2.45, 2.75) is 52.9 Å². The highest BCUT2D eigenvalue weighted by Gasteiger charge is 2.13. The fourth-order valence-electron chi connectivity index (χ4n) is 3.34. The van der Waals surface area contributed by atoms with E-state index in [0.717, 1.165) is 5.92 Å². The lowest BCUT2D eigenvalue weighted by atomic mass is 9.89. The molecule has 18 heavy (non-hydrogen) atoms. The molecule has 1 aromatic rings. The lowest BCUT2D eigenvalue weighted by Crippen LogP contribution is -2.27. The highest BCUT2D eigenvalue weighted by Crippen LogP contribution is 2.22. The summed E-state index contributed by atoms with van der Waals surface area (Å²) in [6.45, 7) is 9.18. The minimum atomic E-state index is 0.970. The first-order valence-corrected chi connectivity index (χ1v) is 7.44. The van der Waals surface area contributed by atoms with Crippen LogP contribution in [0.25, 0.3) is 0 Å². The Morgan fingerprint density at radius 2 is 1.67 bits per heavy atom. The van der Waals surface area contributed by atoms with Gasteiger partial charge >= 0.3 is 0 Å². The van der Waals surface area contributed by atoms with Crippen molar-refractivity contribution >= 4 is 0 Å². The van der Waals surface area contributed by atoms with Crippen molar-refractivity contribution in [2.75, 3.05) is 13.1 Å². The molecule has 0 unspecified atom stereocenters. The van der Waals surface area contributed by atoms with Crippen molar-refractivity contribution < 1.29 is 0 Å². The Morgan fingerprint density at radius 3 is 2.28 bits per heavy atom. The molecule has 1 aliphatic rings. The average Bonchev–Trinajstić information content (AvgIpc) is 2.34. The van der Waals surface area contributed by atoms with Crippen molar-refractivity contribution in [2.24, 2.45) is 5.92 Å². The summed E-state index contributed by atoms with van der Waals surface area (Å²) < 4.78 is 0. The van der Waals surface area contributed by atoms with E-state index >= 15 is 0 Å². The van der Waals surface area contributed by atoms with Gasteiger partial charge in [0, 0.05) is 0 Å². The summed E-state index contributed by atoms with van der Waals surface area (Å²) in [6, 6.07) is 4.65. The summed E-state index contributed by atoms with van der Waals surface area (Å²) in [5, 5.41) is 3.45. The Labute approximate surface area is 112 Å². The fraction of sp³-hybridized carbons (Fsp3) is 0.647. The van der Waals surface area contributed by atoms with Gasteiger partial charge < -0.3 is 5.32 Å². The molecule has 2 rings (SSSR count). The number of nitrogens with one attached hydrogen (secondary N) is 1. The van der Waals surface area contributed by atoms with Crippen LogP contribution in [0.15, 0.2) is 12.1 Å². The molecule has 100 valence electrons. The molecular weight excluding hydrogens is 218 g/mol. The van der Waals surface area contributed by atoms with Crippen LogP contribution in [0.1, 0.15) is 47.9 Å². The second kappa shape index (κ2) is 6.38. The van der Waals surface area contributed by atoms with Gasteiger partial charge in [-0.2, -0.15) is 0 Å². The molecule has 0 radical (unpaired) electrons. The minimum absolute atomic E-state index is 0.970. The van der Waals surface area contributed by atoms with E-state index < -0.39 is 0 Å². The normalized spacial score (nSPS) is 17.1. The SMILES string of the molecule is Cc1cc(C)c(CCCC2CCNCC2)c(C)c1. The zero-order chi connectivity index (χ0) is 13.0. The Balaban J connectivity index is 1.86. The van der Waals surface area contributed by atoms with Gasteiger partial charge in [0.1, 0.15) is 0 Å². The van der Waals surface area contributed by atoms with Crippen LogP contribution in [0.4, 0.5) is 0 Å². The minimum Gasteiger partial charge on any atom is -0.317 e. The predicted molar refractivity (Wildman–Crippen MR) is 79.2 cm³/mol. The van der Waals surface area contributed by atoms with Crippen molar-refractivity contribution in [3.8, 4) is 0 Å². The zero-order valence-electron chi connectivity index (χ0n) is 12.2. The number of aryl methyl sites for hydroxylation is 3. The van der Waals surface area contributed by atoms with Crippen molar-refractivity contribution in [3.63, 3.8) is 0 Å².